The largest absolute Gasteiger partial charge is 0.398 e. The summed E-state index contributed by atoms with van der Waals surface area (Å²) in [6.07, 6.45) is 0. The Hall–Kier alpha value is -1.87. The number of halogens is 1. The second-order valence-electron chi connectivity index (χ2n) is 4.93. The zero-order valence-corrected chi connectivity index (χ0v) is 13.0. The SMILES string of the molecule is Cc1c(-c2ccccc2)nc2c(C)c(Br)ccc2c1N. The number of hydrogen-bond donors (Lipinski definition) is 1. The summed E-state index contributed by atoms with van der Waals surface area (Å²) in [5.74, 6) is 0. The van der Waals surface area contributed by atoms with Crippen LogP contribution in [0.5, 0.6) is 0 Å². The molecule has 0 aliphatic carbocycles. The van der Waals surface area contributed by atoms with Gasteiger partial charge in [0.15, 0.2) is 0 Å². The predicted octanol–water partition coefficient (Wildman–Crippen LogP) is 4.86. The average molecular weight is 327 g/mol. The lowest BCUT2D eigenvalue weighted by Crippen LogP contribution is -1.99. The van der Waals surface area contributed by atoms with Gasteiger partial charge in [-0.3, -0.25) is 0 Å². The van der Waals surface area contributed by atoms with Crippen LogP contribution in [0.4, 0.5) is 5.69 Å². The van der Waals surface area contributed by atoms with Crippen LogP contribution in [0.3, 0.4) is 0 Å². The number of pyridine rings is 1. The van der Waals surface area contributed by atoms with Gasteiger partial charge in [-0.15, -0.1) is 0 Å². The molecule has 100 valence electrons. The van der Waals surface area contributed by atoms with Gasteiger partial charge in [0.25, 0.3) is 0 Å². The lowest BCUT2D eigenvalue weighted by atomic mass is 10.0. The molecule has 0 unspecified atom stereocenters. The number of hydrogen-bond acceptors (Lipinski definition) is 2. The third kappa shape index (κ3) is 1.98. The van der Waals surface area contributed by atoms with Crippen LogP contribution in [0, 0.1) is 13.8 Å². The maximum absolute atomic E-state index is 6.32. The minimum absolute atomic E-state index is 0.810. The molecule has 3 aromatic rings. The summed E-state index contributed by atoms with van der Waals surface area (Å²) in [6, 6.07) is 14.2. The molecular weight excluding hydrogens is 312 g/mol. The fraction of sp³-hybridized carbons (Fsp3) is 0.118. The molecule has 0 atom stereocenters. The summed E-state index contributed by atoms with van der Waals surface area (Å²) in [5, 5.41) is 1.02. The Morgan fingerprint density at radius 3 is 2.35 bits per heavy atom. The van der Waals surface area contributed by atoms with E-state index in [1.165, 1.54) is 0 Å². The van der Waals surface area contributed by atoms with Crippen molar-refractivity contribution in [1.29, 1.82) is 0 Å². The third-order valence-electron chi connectivity index (χ3n) is 3.69. The molecule has 0 spiro atoms. The number of fused-ring (bicyclic) bond motifs is 1. The van der Waals surface area contributed by atoms with E-state index in [0.717, 1.165) is 43.4 Å². The van der Waals surface area contributed by atoms with Crippen molar-refractivity contribution < 1.29 is 0 Å². The van der Waals surface area contributed by atoms with E-state index in [-0.39, 0.29) is 0 Å². The van der Waals surface area contributed by atoms with Crippen molar-refractivity contribution in [3.63, 3.8) is 0 Å². The smallest absolute Gasteiger partial charge is 0.0770 e. The van der Waals surface area contributed by atoms with Crippen LogP contribution in [0.2, 0.25) is 0 Å². The zero-order chi connectivity index (χ0) is 14.3. The van der Waals surface area contributed by atoms with Crippen LogP contribution < -0.4 is 5.73 Å². The van der Waals surface area contributed by atoms with Crippen molar-refractivity contribution in [2.45, 2.75) is 13.8 Å². The van der Waals surface area contributed by atoms with Crippen molar-refractivity contribution in [2.24, 2.45) is 0 Å². The van der Waals surface area contributed by atoms with Gasteiger partial charge >= 0.3 is 0 Å². The molecule has 1 heterocycles. The zero-order valence-electron chi connectivity index (χ0n) is 11.4. The minimum atomic E-state index is 0.810. The van der Waals surface area contributed by atoms with E-state index in [1.54, 1.807) is 0 Å². The Morgan fingerprint density at radius 2 is 1.65 bits per heavy atom. The molecule has 3 heteroatoms. The number of nitrogens with two attached hydrogens (primary N) is 1. The van der Waals surface area contributed by atoms with Gasteiger partial charge in [0.1, 0.15) is 0 Å². The maximum Gasteiger partial charge on any atom is 0.0770 e. The molecule has 2 aromatic carbocycles. The molecule has 0 aliphatic heterocycles. The summed E-state index contributed by atoms with van der Waals surface area (Å²) in [4.78, 5) is 4.86. The Labute approximate surface area is 126 Å². The molecule has 0 aliphatic rings. The fourth-order valence-corrected chi connectivity index (χ4v) is 2.76. The number of benzene rings is 2. The highest BCUT2D eigenvalue weighted by Crippen LogP contribution is 2.34. The van der Waals surface area contributed by atoms with E-state index in [1.807, 2.05) is 37.3 Å². The van der Waals surface area contributed by atoms with E-state index in [0.29, 0.717) is 0 Å². The first-order valence-corrected chi connectivity index (χ1v) is 7.29. The molecule has 2 nitrogen and oxygen atoms in total. The maximum atomic E-state index is 6.32. The molecule has 0 fully saturated rings. The van der Waals surface area contributed by atoms with Crippen molar-refractivity contribution in [1.82, 2.24) is 4.98 Å². The standard InChI is InChI=1S/C17H15BrN2/c1-10-14(18)9-8-13-15(19)11(2)16(20-17(10)13)12-6-4-3-5-7-12/h3-9H,1-2H3,(H2,19,20). The van der Waals surface area contributed by atoms with Gasteiger partial charge in [-0.25, -0.2) is 4.98 Å². The number of aryl methyl sites for hydroxylation is 1. The highest BCUT2D eigenvalue weighted by atomic mass is 79.9. The van der Waals surface area contributed by atoms with E-state index in [4.69, 9.17) is 10.7 Å². The number of anilines is 1. The first-order valence-electron chi connectivity index (χ1n) is 6.50. The number of aromatic nitrogens is 1. The summed E-state index contributed by atoms with van der Waals surface area (Å²) < 4.78 is 1.06. The summed E-state index contributed by atoms with van der Waals surface area (Å²) in [7, 11) is 0. The first-order chi connectivity index (χ1) is 9.59. The van der Waals surface area contributed by atoms with Crippen LogP contribution in [-0.2, 0) is 0 Å². The van der Waals surface area contributed by atoms with Crippen LogP contribution in [0.15, 0.2) is 46.9 Å². The Kier molecular flexibility index (Phi) is 3.22. The molecule has 0 saturated heterocycles. The van der Waals surface area contributed by atoms with Crippen molar-refractivity contribution >= 4 is 32.5 Å². The molecule has 0 radical (unpaired) electrons. The highest BCUT2D eigenvalue weighted by Gasteiger charge is 2.13. The van der Waals surface area contributed by atoms with Gasteiger partial charge in [-0.1, -0.05) is 46.3 Å². The van der Waals surface area contributed by atoms with E-state index in [9.17, 15) is 0 Å². The van der Waals surface area contributed by atoms with Crippen LogP contribution in [0.25, 0.3) is 22.2 Å². The van der Waals surface area contributed by atoms with Crippen LogP contribution >= 0.6 is 15.9 Å². The molecule has 3 rings (SSSR count). The van der Waals surface area contributed by atoms with Gasteiger partial charge in [0.05, 0.1) is 11.2 Å². The van der Waals surface area contributed by atoms with Crippen LogP contribution in [0.1, 0.15) is 11.1 Å². The Balaban J connectivity index is 2.40. The lowest BCUT2D eigenvalue weighted by molar-refractivity contribution is 1.30. The van der Waals surface area contributed by atoms with Gasteiger partial charge in [-0.05, 0) is 37.1 Å². The molecule has 2 N–H and O–H groups in total. The van der Waals surface area contributed by atoms with E-state index < -0.39 is 0 Å². The van der Waals surface area contributed by atoms with Gasteiger partial charge in [0, 0.05) is 21.1 Å². The molecule has 1 aromatic heterocycles. The average Bonchev–Trinajstić information content (AvgIpc) is 2.47. The monoisotopic (exact) mass is 326 g/mol. The van der Waals surface area contributed by atoms with Crippen molar-refractivity contribution in [3.05, 3.63) is 58.1 Å². The van der Waals surface area contributed by atoms with Crippen molar-refractivity contribution in [2.75, 3.05) is 5.73 Å². The Bertz CT molecular complexity index is 795. The lowest BCUT2D eigenvalue weighted by Gasteiger charge is -2.13. The summed E-state index contributed by atoms with van der Waals surface area (Å²) >= 11 is 3.56. The van der Waals surface area contributed by atoms with E-state index >= 15 is 0 Å². The minimum Gasteiger partial charge on any atom is -0.398 e. The Morgan fingerprint density at radius 1 is 0.950 bits per heavy atom. The van der Waals surface area contributed by atoms with Gasteiger partial charge < -0.3 is 5.73 Å². The fourth-order valence-electron chi connectivity index (χ4n) is 2.44. The second-order valence-corrected chi connectivity index (χ2v) is 5.79. The normalized spacial score (nSPS) is 10.9. The number of nitrogens with zero attached hydrogens (tertiary/aromatic N) is 1. The summed E-state index contributed by atoms with van der Waals surface area (Å²) in [5.41, 5.74) is 12.3. The molecule has 20 heavy (non-hydrogen) atoms. The highest BCUT2D eigenvalue weighted by molar-refractivity contribution is 9.10. The molecular formula is C17H15BrN2. The quantitative estimate of drug-likeness (QED) is 0.693. The number of rotatable bonds is 1. The van der Waals surface area contributed by atoms with Gasteiger partial charge in [-0.2, -0.15) is 0 Å². The molecule has 0 bridgehead atoms. The third-order valence-corrected chi connectivity index (χ3v) is 4.54. The number of nitrogen functional groups attached to an aromatic ring is 1. The topological polar surface area (TPSA) is 38.9 Å². The van der Waals surface area contributed by atoms with Crippen molar-refractivity contribution in [3.8, 4) is 11.3 Å². The van der Waals surface area contributed by atoms with E-state index in [2.05, 4.69) is 35.0 Å². The van der Waals surface area contributed by atoms with Crippen LogP contribution in [-0.4, -0.2) is 4.98 Å². The summed E-state index contributed by atoms with van der Waals surface area (Å²) in [6.45, 7) is 4.09. The van der Waals surface area contributed by atoms with Gasteiger partial charge in [0.2, 0.25) is 0 Å². The predicted molar refractivity (Wildman–Crippen MR) is 88.8 cm³/mol. The molecule has 0 amide bonds. The molecule has 0 saturated carbocycles. The first kappa shape index (κ1) is 13.1. The second kappa shape index (κ2) is 4.91.